The molecule has 0 bridgehead atoms. The van der Waals surface area contributed by atoms with Crippen molar-refractivity contribution in [2.45, 2.75) is 13.3 Å². The first-order valence-electron chi connectivity index (χ1n) is 7.03. The van der Waals surface area contributed by atoms with Gasteiger partial charge in [0, 0.05) is 36.7 Å². The summed E-state index contributed by atoms with van der Waals surface area (Å²) in [5, 5.41) is 5.55. The molecule has 0 saturated carbocycles. The van der Waals surface area contributed by atoms with E-state index in [0.717, 1.165) is 38.3 Å². The van der Waals surface area contributed by atoms with Crippen LogP contribution in [0.25, 0.3) is 0 Å². The maximum Gasteiger partial charge on any atom is 0.125 e. The SMILES string of the molecule is CCN(CCNCCc1cccs1)c1cccc(F)c1. The van der Waals surface area contributed by atoms with Crippen LogP contribution in [0.1, 0.15) is 11.8 Å². The second-order valence-electron chi connectivity index (χ2n) is 4.64. The van der Waals surface area contributed by atoms with Crippen LogP contribution in [0, 0.1) is 5.82 Å². The fraction of sp³-hybridized carbons (Fsp3) is 0.375. The zero-order chi connectivity index (χ0) is 14.2. The average molecular weight is 292 g/mol. The summed E-state index contributed by atoms with van der Waals surface area (Å²) < 4.78 is 13.2. The topological polar surface area (TPSA) is 15.3 Å². The molecule has 0 atom stereocenters. The number of rotatable bonds is 8. The summed E-state index contributed by atoms with van der Waals surface area (Å²) in [5.74, 6) is -0.174. The minimum Gasteiger partial charge on any atom is -0.370 e. The minimum atomic E-state index is -0.174. The van der Waals surface area contributed by atoms with Crippen molar-refractivity contribution in [1.29, 1.82) is 0 Å². The molecule has 0 aliphatic rings. The molecule has 2 nitrogen and oxygen atoms in total. The second-order valence-corrected chi connectivity index (χ2v) is 5.67. The van der Waals surface area contributed by atoms with Gasteiger partial charge in [-0.05, 0) is 43.0 Å². The Morgan fingerprint density at radius 1 is 1.20 bits per heavy atom. The van der Waals surface area contributed by atoms with E-state index in [4.69, 9.17) is 0 Å². The molecule has 4 heteroatoms. The summed E-state index contributed by atoms with van der Waals surface area (Å²) in [6.45, 7) is 5.77. The molecule has 0 saturated heterocycles. The smallest absolute Gasteiger partial charge is 0.125 e. The summed E-state index contributed by atoms with van der Waals surface area (Å²) in [7, 11) is 0. The highest BCUT2D eigenvalue weighted by Gasteiger charge is 2.04. The first-order valence-corrected chi connectivity index (χ1v) is 7.91. The lowest BCUT2D eigenvalue weighted by atomic mass is 10.2. The van der Waals surface area contributed by atoms with E-state index in [1.165, 1.54) is 10.9 Å². The van der Waals surface area contributed by atoms with E-state index in [1.807, 2.05) is 6.07 Å². The van der Waals surface area contributed by atoms with E-state index in [1.54, 1.807) is 23.5 Å². The van der Waals surface area contributed by atoms with Crippen molar-refractivity contribution in [3.63, 3.8) is 0 Å². The molecule has 2 rings (SSSR count). The lowest BCUT2D eigenvalue weighted by Gasteiger charge is -2.23. The van der Waals surface area contributed by atoms with Gasteiger partial charge in [0.05, 0.1) is 0 Å². The molecule has 1 N–H and O–H groups in total. The van der Waals surface area contributed by atoms with Gasteiger partial charge in [0.1, 0.15) is 5.82 Å². The quantitative estimate of drug-likeness (QED) is 0.749. The highest BCUT2D eigenvalue weighted by molar-refractivity contribution is 7.09. The van der Waals surface area contributed by atoms with E-state index < -0.39 is 0 Å². The van der Waals surface area contributed by atoms with Crippen LogP contribution in [-0.4, -0.2) is 26.2 Å². The van der Waals surface area contributed by atoms with E-state index in [9.17, 15) is 4.39 Å². The molecule has 0 amide bonds. The van der Waals surface area contributed by atoms with Gasteiger partial charge < -0.3 is 10.2 Å². The summed E-state index contributed by atoms with van der Waals surface area (Å²) in [6, 6.07) is 11.0. The molecule has 0 fully saturated rings. The van der Waals surface area contributed by atoms with E-state index in [-0.39, 0.29) is 5.82 Å². The van der Waals surface area contributed by atoms with Crippen molar-refractivity contribution < 1.29 is 4.39 Å². The molecule has 1 aromatic carbocycles. The van der Waals surface area contributed by atoms with Crippen LogP contribution in [0.2, 0.25) is 0 Å². The van der Waals surface area contributed by atoms with Gasteiger partial charge in [-0.1, -0.05) is 12.1 Å². The third kappa shape index (κ3) is 4.62. The number of hydrogen-bond acceptors (Lipinski definition) is 3. The van der Waals surface area contributed by atoms with Gasteiger partial charge >= 0.3 is 0 Å². The summed E-state index contributed by atoms with van der Waals surface area (Å²) in [5.41, 5.74) is 0.951. The fourth-order valence-electron chi connectivity index (χ4n) is 2.15. The molecule has 2 aromatic rings. The first kappa shape index (κ1) is 15.0. The largest absolute Gasteiger partial charge is 0.370 e. The second kappa shape index (κ2) is 8.02. The number of thiophene rings is 1. The summed E-state index contributed by atoms with van der Waals surface area (Å²) >= 11 is 1.80. The number of likely N-dealkylation sites (N-methyl/N-ethyl adjacent to an activating group) is 1. The standard InChI is InChI=1S/C16H21FN2S/c1-2-19(15-6-3-5-14(17)13-15)11-10-18-9-8-16-7-4-12-20-16/h3-7,12-13,18H,2,8-11H2,1H3. The Hall–Kier alpha value is -1.39. The van der Waals surface area contributed by atoms with Gasteiger partial charge in [-0.3, -0.25) is 0 Å². The Balaban J connectivity index is 1.71. The van der Waals surface area contributed by atoms with Crippen molar-refractivity contribution in [2.24, 2.45) is 0 Å². The predicted octanol–water partition coefficient (Wildman–Crippen LogP) is 3.55. The van der Waals surface area contributed by atoms with E-state index in [2.05, 4.69) is 34.7 Å². The normalized spacial score (nSPS) is 10.7. The number of nitrogens with one attached hydrogen (secondary N) is 1. The van der Waals surface area contributed by atoms with E-state index >= 15 is 0 Å². The number of halogens is 1. The third-order valence-corrected chi connectivity index (χ3v) is 4.18. The molecular formula is C16H21FN2S. The Bertz CT molecular complexity index is 499. The van der Waals surface area contributed by atoms with Crippen molar-refractivity contribution in [1.82, 2.24) is 5.32 Å². The molecule has 108 valence electrons. The molecule has 0 radical (unpaired) electrons. The molecule has 1 aromatic heterocycles. The fourth-order valence-corrected chi connectivity index (χ4v) is 2.86. The van der Waals surface area contributed by atoms with Crippen LogP contribution in [0.5, 0.6) is 0 Å². The predicted molar refractivity (Wildman–Crippen MR) is 85.2 cm³/mol. The van der Waals surface area contributed by atoms with E-state index in [0.29, 0.717) is 0 Å². The molecule has 0 aliphatic carbocycles. The van der Waals surface area contributed by atoms with Crippen LogP contribution in [-0.2, 0) is 6.42 Å². The zero-order valence-electron chi connectivity index (χ0n) is 11.8. The monoisotopic (exact) mass is 292 g/mol. The minimum absolute atomic E-state index is 0.174. The molecule has 0 unspecified atom stereocenters. The molecule has 20 heavy (non-hydrogen) atoms. The maximum absolute atomic E-state index is 13.2. The number of anilines is 1. The van der Waals surface area contributed by atoms with Gasteiger partial charge in [0.15, 0.2) is 0 Å². The number of nitrogens with zero attached hydrogens (tertiary/aromatic N) is 1. The lowest BCUT2D eigenvalue weighted by molar-refractivity contribution is 0.624. The van der Waals surface area contributed by atoms with Crippen LogP contribution in [0.15, 0.2) is 41.8 Å². The van der Waals surface area contributed by atoms with Crippen LogP contribution in [0.4, 0.5) is 10.1 Å². The van der Waals surface area contributed by atoms with Gasteiger partial charge in [-0.15, -0.1) is 11.3 Å². The number of hydrogen-bond donors (Lipinski definition) is 1. The molecule has 0 aliphatic heterocycles. The Morgan fingerprint density at radius 2 is 2.10 bits per heavy atom. The molecule has 0 spiro atoms. The summed E-state index contributed by atoms with van der Waals surface area (Å²) in [4.78, 5) is 3.59. The van der Waals surface area contributed by atoms with Crippen molar-refractivity contribution >= 4 is 17.0 Å². The molecular weight excluding hydrogens is 271 g/mol. The first-order chi connectivity index (χ1) is 9.79. The highest BCUT2D eigenvalue weighted by atomic mass is 32.1. The Labute approximate surface area is 124 Å². The maximum atomic E-state index is 13.2. The van der Waals surface area contributed by atoms with Gasteiger partial charge in [-0.25, -0.2) is 4.39 Å². The van der Waals surface area contributed by atoms with Crippen LogP contribution < -0.4 is 10.2 Å². The lowest BCUT2D eigenvalue weighted by Crippen LogP contribution is -2.32. The third-order valence-electron chi connectivity index (χ3n) is 3.24. The summed E-state index contributed by atoms with van der Waals surface area (Å²) in [6.07, 6.45) is 1.07. The molecule has 1 heterocycles. The zero-order valence-corrected chi connectivity index (χ0v) is 12.6. The van der Waals surface area contributed by atoms with Crippen molar-refractivity contribution in [3.05, 3.63) is 52.5 Å². The van der Waals surface area contributed by atoms with Crippen LogP contribution in [0.3, 0.4) is 0 Å². The Morgan fingerprint density at radius 3 is 2.80 bits per heavy atom. The van der Waals surface area contributed by atoms with Crippen molar-refractivity contribution in [3.8, 4) is 0 Å². The Kier molecular flexibility index (Phi) is 6.02. The van der Waals surface area contributed by atoms with Crippen LogP contribution >= 0.6 is 11.3 Å². The van der Waals surface area contributed by atoms with Gasteiger partial charge in [0.2, 0.25) is 0 Å². The number of benzene rings is 1. The average Bonchev–Trinajstić information content (AvgIpc) is 2.96. The van der Waals surface area contributed by atoms with Gasteiger partial charge in [-0.2, -0.15) is 0 Å². The highest BCUT2D eigenvalue weighted by Crippen LogP contribution is 2.14. The van der Waals surface area contributed by atoms with Gasteiger partial charge in [0.25, 0.3) is 0 Å². The van der Waals surface area contributed by atoms with Crippen molar-refractivity contribution in [2.75, 3.05) is 31.1 Å².